The molecule has 2 aromatic carbocycles. The fourth-order valence-electron chi connectivity index (χ4n) is 6.06. The predicted molar refractivity (Wildman–Crippen MR) is 164 cm³/mol. The Bertz CT molecular complexity index is 1330. The van der Waals surface area contributed by atoms with Gasteiger partial charge in [-0.25, -0.2) is 4.79 Å². The van der Waals surface area contributed by atoms with Crippen LogP contribution in [0.1, 0.15) is 67.6 Å². The summed E-state index contributed by atoms with van der Waals surface area (Å²) in [6.45, 7) is 5.74. The smallest absolute Gasteiger partial charge is 0.410 e. The number of rotatable bonds is 8. The summed E-state index contributed by atoms with van der Waals surface area (Å²) < 4.78 is 5.62. The minimum Gasteiger partial charge on any atom is -0.445 e. The summed E-state index contributed by atoms with van der Waals surface area (Å²) in [6, 6.07) is 21.7. The van der Waals surface area contributed by atoms with Gasteiger partial charge in [-0.3, -0.25) is 9.59 Å². The van der Waals surface area contributed by atoms with Crippen molar-refractivity contribution in [1.29, 1.82) is 0 Å². The Balaban J connectivity index is 1.37. The molecule has 41 heavy (non-hydrogen) atoms. The second-order valence-corrected chi connectivity index (χ2v) is 12.7. The molecule has 0 spiro atoms. The molecule has 3 aromatic rings. The van der Waals surface area contributed by atoms with Crippen molar-refractivity contribution >= 4 is 34.8 Å². The lowest BCUT2D eigenvalue weighted by Gasteiger charge is -2.37. The SMILES string of the molecule is CC(=O)c1sc(-c2ccccc2)cc1N(CC1CCCN(C(=O)OCc2ccccc2)C1)C(=O)C1CCC(C)CC1. The van der Waals surface area contributed by atoms with Crippen LogP contribution in [0.25, 0.3) is 10.4 Å². The number of thiophene rings is 1. The summed E-state index contributed by atoms with van der Waals surface area (Å²) in [4.78, 5) is 45.3. The Morgan fingerprint density at radius 2 is 1.63 bits per heavy atom. The van der Waals surface area contributed by atoms with Gasteiger partial charge in [0.2, 0.25) is 5.91 Å². The normalized spacial score (nSPS) is 20.8. The fourth-order valence-corrected chi connectivity index (χ4v) is 7.12. The number of piperidine rings is 1. The lowest BCUT2D eigenvalue weighted by molar-refractivity contribution is -0.123. The second-order valence-electron chi connectivity index (χ2n) is 11.6. The van der Waals surface area contributed by atoms with Gasteiger partial charge in [0.25, 0.3) is 0 Å². The Hall–Kier alpha value is -3.45. The fraction of sp³-hybridized carbons (Fsp3) is 0.441. The van der Waals surface area contributed by atoms with E-state index in [0.29, 0.717) is 36.1 Å². The molecule has 2 aliphatic rings. The number of ketones is 1. The molecule has 5 rings (SSSR count). The summed E-state index contributed by atoms with van der Waals surface area (Å²) in [7, 11) is 0. The van der Waals surface area contributed by atoms with Gasteiger partial charge in [-0.05, 0) is 67.6 Å². The molecule has 1 aromatic heterocycles. The highest BCUT2D eigenvalue weighted by molar-refractivity contribution is 7.18. The first kappa shape index (κ1) is 29.1. The molecular weight excluding hydrogens is 532 g/mol. The number of carbonyl (C=O) groups is 3. The molecule has 1 aliphatic heterocycles. The van der Waals surface area contributed by atoms with Crippen molar-refractivity contribution in [2.75, 3.05) is 24.5 Å². The number of carbonyl (C=O) groups excluding carboxylic acids is 3. The van der Waals surface area contributed by atoms with Crippen LogP contribution in [-0.4, -0.2) is 42.3 Å². The van der Waals surface area contributed by atoms with E-state index in [2.05, 4.69) is 6.92 Å². The molecule has 2 fully saturated rings. The highest BCUT2D eigenvalue weighted by Crippen LogP contribution is 2.40. The van der Waals surface area contributed by atoms with Crippen molar-refractivity contribution in [2.45, 2.75) is 59.0 Å². The summed E-state index contributed by atoms with van der Waals surface area (Å²) in [5.74, 6) is 0.776. The molecule has 0 bridgehead atoms. The minimum atomic E-state index is -0.316. The number of Topliss-reactive ketones (excluding diaryl/α,β-unsaturated/α-hetero) is 1. The van der Waals surface area contributed by atoms with Crippen molar-refractivity contribution in [1.82, 2.24) is 4.90 Å². The maximum absolute atomic E-state index is 14.2. The number of hydrogen-bond donors (Lipinski definition) is 0. The van der Waals surface area contributed by atoms with Gasteiger partial charge in [0.1, 0.15) is 6.61 Å². The summed E-state index contributed by atoms with van der Waals surface area (Å²) in [5.41, 5.74) is 2.71. The van der Waals surface area contributed by atoms with E-state index in [-0.39, 0.29) is 36.2 Å². The average molecular weight is 573 g/mol. The quantitative estimate of drug-likeness (QED) is 0.258. The second kappa shape index (κ2) is 13.5. The zero-order valence-corrected chi connectivity index (χ0v) is 24.9. The lowest BCUT2D eigenvalue weighted by Crippen LogP contribution is -2.47. The molecule has 0 N–H and O–H groups in total. The van der Waals surface area contributed by atoms with E-state index < -0.39 is 0 Å². The van der Waals surface area contributed by atoms with Gasteiger partial charge < -0.3 is 14.5 Å². The van der Waals surface area contributed by atoms with Crippen molar-refractivity contribution in [3.05, 3.63) is 77.2 Å². The first-order valence-corrected chi connectivity index (χ1v) is 15.7. The summed E-state index contributed by atoms with van der Waals surface area (Å²) >= 11 is 1.46. The van der Waals surface area contributed by atoms with Crippen LogP contribution in [0.15, 0.2) is 66.7 Å². The number of benzene rings is 2. The van der Waals surface area contributed by atoms with E-state index in [1.165, 1.54) is 11.3 Å². The Morgan fingerprint density at radius 1 is 0.951 bits per heavy atom. The molecule has 6 nitrogen and oxygen atoms in total. The zero-order valence-electron chi connectivity index (χ0n) is 24.1. The molecule has 1 saturated heterocycles. The van der Waals surface area contributed by atoms with E-state index >= 15 is 0 Å². The predicted octanol–water partition coefficient (Wildman–Crippen LogP) is 7.83. The van der Waals surface area contributed by atoms with Gasteiger partial charge in [0.15, 0.2) is 5.78 Å². The van der Waals surface area contributed by atoms with E-state index in [1.807, 2.05) is 71.6 Å². The van der Waals surface area contributed by atoms with Crippen molar-refractivity contribution in [3.8, 4) is 10.4 Å². The minimum absolute atomic E-state index is 0.0305. The van der Waals surface area contributed by atoms with Gasteiger partial charge in [0.05, 0.1) is 10.6 Å². The molecule has 216 valence electrons. The Morgan fingerprint density at radius 3 is 2.32 bits per heavy atom. The Labute approximate surface area is 247 Å². The third kappa shape index (κ3) is 7.25. The molecule has 0 radical (unpaired) electrons. The van der Waals surface area contributed by atoms with Crippen LogP contribution < -0.4 is 4.90 Å². The van der Waals surface area contributed by atoms with Crippen LogP contribution in [0.4, 0.5) is 10.5 Å². The standard InChI is InChI=1S/C34H40N2O4S/c1-24-15-17-29(18-16-24)33(38)36(30-20-31(41-32(30)25(2)37)28-13-7-4-8-14-28)22-27-12-9-19-35(21-27)34(39)40-23-26-10-5-3-6-11-26/h3-8,10-11,13-14,20,24,27,29H,9,12,15-19,21-23H2,1-2H3. The number of nitrogens with zero attached hydrogens (tertiary/aromatic N) is 2. The molecule has 7 heteroatoms. The number of likely N-dealkylation sites (tertiary alicyclic amines) is 1. The topological polar surface area (TPSA) is 66.9 Å². The van der Waals surface area contributed by atoms with Gasteiger partial charge in [-0.2, -0.15) is 0 Å². The zero-order chi connectivity index (χ0) is 28.8. The van der Waals surface area contributed by atoms with Crippen LogP contribution >= 0.6 is 11.3 Å². The average Bonchev–Trinajstić information content (AvgIpc) is 3.46. The van der Waals surface area contributed by atoms with Crippen LogP contribution in [0.2, 0.25) is 0 Å². The monoisotopic (exact) mass is 572 g/mol. The molecular formula is C34H40N2O4S. The highest BCUT2D eigenvalue weighted by Gasteiger charge is 2.34. The number of anilines is 1. The number of hydrogen-bond acceptors (Lipinski definition) is 5. The molecule has 2 amide bonds. The van der Waals surface area contributed by atoms with Crippen LogP contribution in [0.3, 0.4) is 0 Å². The van der Waals surface area contributed by atoms with Crippen molar-refractivity contribution < 1.29 is 19.1 Å². The highest BCUT2D eigenvalue weighted by atomic mass is 32.1. The number of ether oxygens (including phenoxy) is 1. The Kier molecular flexibility index (Phi) is 9.55. The van der Waals surface area contributed by atoms with Crippen molar-refractivity contribution in [2.24, 2.45) is 17.8 Å². The van der Waals surface area contributed by atoms with Gasteiger partial charge in [-0.1, -0.05) is 67.6 Å². The van der Waals surface area contributed by atoms with E-state index in [4.69, 9.17) is 4.74 Å². The van der Waals surface area contributed by atoms with E-state index in [1.54, 1.807) is 11.8 Å². The van der Waals surface area contributed by atoms with Crippen molar-refractivity contribution in [3.63, 3.8) is 0 Å². The van der Waals surface area contributed by atoms with Gasteiger partial charge in [-0.15, -0.1) is 11.3 Å². The molecule has 1 aliphatic carbocycles. The summed E-state index contributed by atoms with van der Waals surface area (Å²) in [5, 5.41) is 0. The molecule has 1 saturated carbocycles. The van der Waals surface area contributed by atoms with Crippen LogP contribution in [0.5, 0.6) is 0 Å². The summed E-state index contributed by atoms with van der Waals surface area (Å²) in [6.07, 6.45) is 5.31. The maximum Gasteiger partial charge on any atom is 0.410 e. The first-order chi connectivity index (χ1) is 19.9. The number of amides is 2. The third-order valence-electron chi connectivity index (χ3n) is 8.44. The van der Waals surface area contributed by atoms with Crippen LogP contribution in [-0.2, 0) is 16.1 Å². The molecule has 2 heterocycles. The van der Waals surface area contributed by atoms with E-state index in [0.717, 1.165) is 54.5 Å². The molecule has 1 unspecified atom stereocenters. The first-order valence-electron chi connectivity index (χ1n) is 14.9. The van der Waals surface area contributed by atoms with Gasteiger partial charge >= 0.3 is 6.09 Å². The van der Waals surface area contributed by atoms with E-state index in [9.17, 15) is 14.4 Å². The maximum atomic E-state index is 14.2. The lowest BCUT2D eigenvalue weighted by atomic mass is 9.82. The largest absolute Gasteiger partial charge is 0.445 e. The molecule has 1 atom stereocenters. The third-order valence-corrected chi connectivity index (χ3v) is 9.71. The van der Waals surface area contributed by atoms with Crippen LogP contribution in [0, 0.1) is 17.8 Å². The van der Waals surface area contributed by atoms with Gasteiger partial charge in [0, 0.05) is 37.4 Å².